The number of benzene rings is 2. The fraction of sp³-hybridized carbons (Fsp3) is 0.192. The summed E-state index contributed by atoms with van der Waals surface area (Å²) in [7, 11) is 0. The lowest BCUT2D eigenvalue weighted by Crippen LogP contribution is -2.45. The van der Waals surface area contributed by atoms with Gasteiger partial charge in [0, 0.05) is 12.8 Å². The molecule has 4 heterocycles. The molecule has 0 amide bonds. The number of aliphatic hydroxyl groups is 1. The zero-order chi connectivity index (χ0) is 25.4. The molecule has 3 N–H and O–H groups in total. The third-order valence-electron chi connectivity index (χ3n) is 6.00. The fourth-order valence-corrected chi connectivity index (χ4v) is 4.28. The molecule has 0 aromatic heterocycles. The van der Waals surface area contributed by atoms with Crippen LogP contribution in [0.5, 0.6) is 23.0 Å². The number of phenolic OH excluding ortho intramolecular Hbond substituents is 2. The van der Waals surface area contributed by atoms with Gasteiger partial charge in [-0.15, -0.1) is 0 Å². The Morgan fingerprint density at radius 3 is 2.50 bits per heavy atom. The van der Waals surface area contributed by atoms with Crippen LogP contribution in [0.25, 0.3) is 0 Å². The largest absolute Gasteiger partial charge is 0.504 e. The van der Waals surface area contributed by atoms with Crippen LogP contribution < -0.4 is 4.74 Å². The lowest BCUT2D eigenvalue weighted by molar-refractivity contribution is -0.172. The molecule has 4 aliphatic rings. The molecule has 0 unspecified atom stereocenters. The van der Waals surface area contributed by atoms with Crippen LogP contribution in [0.2, 0.25) is 0 Å². The average Bonchev–Trinajstić information content (AvgIpc) is 2.96. The van der Waals surface area contributed by atoms with Crippen LogP contribution >= 0.6 is 0 Å². The number of carbonyl (C=O) groups excluding carboxylic acids is 3. The second-order valence-corrected chi connectivity index (χ2v) is 8.37. The molecule has 0 fully saturated rings. The fourth-order valence-electron chi connectivity index (χ4n) is 4.28. The number of ether oxygens (including phenoxy) is 4. The Kier molecular flexibility index (Phi) is 5.63. The summed E-state index contributed by atoms with van der Waals surface area (Å²) < 4.78 is 21.6. The molecule has 6 rings (SSSR count). The monoisotopic (exact) mass is 492 g/mol. The number of aliphatic hydroxyl groups excluding tert-OH is 1. The summed E-state index contributed by atoms with van der Waals surface area (Å²) in [6, 6.07) is 9.18. The molecule has 0 radical (unpaired) electrons. The summed E-state index contributed by atoms with van der Waals surface area (Å²) in [4.78, 5) is 37.8. The predicted molar refractivity (Wildman–Crippen MR) is 121 cm³/mol. The minimum absolute atomic E-state index is 0.0290. The van der Waals surface area contributed by atoms with Crippen LogP contribution in [-0.2, 0) is 41.4 Å². The summed E-state index contributed by atoms with van der Waals surface area (Å²) in [5.41, 5.74) is -0.940. The van der Waals surface area contributed by atoms with E-state index in [1.807, 2.05) is 0 Å². The molecule has 184 valence electrons. The molecule has 0 saturated heterocycles. The third-order valence-corrected chi connectivity index (χ3v) is 6.00. The molecule has 10 nitrogen and oxygen atoms in total. The van der Waals surface area contributed by atoms with Crippen molar-refractivity contribution in [1.82, 2.24) is 0 Å². The molecular formula is C26H20O10. The first kappa shape index (κ1) is 23.0. The number of hydrogen-bond donors (Lipinski definition) is 3. The maximum atomic E-state index is 13.5. The van der Waals surface area contributed by atoms with Crippen LogP contribution in [0.1, 0.15) is 17.5 Å². The van der Waals surface area contributed by atoms with Gasteiger partial charge in [0.1, 0.15) is 5.75 Å². The number of allylic oxidation sites excluding steroid dienone is 1. The highest BCUT2D eigenvalue weighted by Crippen LogP contribution is 2.43. The minimum Gasteiger partial charge on any atom is -0.504 e. The number of fused-ring (bicyclic) bond motifs is 5. The lowest BCUT2D eigenvalue weighted by Gasteiger charge is -2.29. The Morgan fingerprint density at radius 1 is 0.944 bits per heavy atom. The van der Waals surface area contributed by atoms with Crippen molar-refractivity contribution in [2.45, 2.75) is 24.9 Å². The normalized spacial score (nSPS) is 21.8. The van der Waals surface area contributed by atoms with Gasteiger partial charge in [0.05, 0.1) is 24.9 Å². The SMILES string of the molecule is O=C1CC=C(C2=C(O)C(=O)O[C@]23Cc2ccc(cc2)Oc2cc(cc(O)c2O)CCOC3=O)C=CO1. The highest BCUT2D eigenvalue weighted by atomic mass is 16.6. The van der Waals surface area contributed by atoms with E-state index in [-0.39, 0.29) is 42.8 Å². The van der Waals surface area contributed by atoms with Gasteiger partial charge in [0.2, 0.25) is 17.1 Å². The maximum Gasteiger partial charge on any atom is 0.375 e. The van der Waals surface area contributed by atoms with E-state index in [2.05, 4.69) is 0 Å². The second kappa shape index (κ2) is 8.81. The summed E-state index contributed by atoms with van der Waals surface area (Å²) >= 11 is 0. The summed E-state index contributed by atoms with van der Waals surface area (Å²) in [5.74, 6) is -3.83. The first-order valence-electron chi connectivity index (χ1n) is 11.0. The molecule has 0 aliphatic carbocycles. The number of phenols is 2. The molecular weight excluding hydrogens is 472 g/mol. The molecule has 36 heavy (non-hydrogen) atoms. The lowest BCUT2D eigenvalue weighted by atomic mass is 9.82. The quantitative estimate of drug-likeness (QED) is 0.308. The Morgan fingerprint density at radius 2 is 1.72 bits per heavy atom. The van der Waals surface area contributed by atoms with Gasteiger partial charge in [-0.25, -0.2) is 9.59 Å². The molecule has 0 saturated carbocycles. The van der Waals surface area contributed by atoms with Gasteiger partial charge in [0.15, 0.2) is 11.5 Å². The van der Waals surface area contributed by atoms with Crippen LogP contribution in [0.15, 0.2) is 71.7 Å². The molecule has 10 heteroatoms. The van der Waals surface area contributed by atoms with Gasteiger partial charge in [0.25, 0.3) is 0 Å². The number of esters is 3. The van der Waals surface area contributed by atoms with Crippen LogP contribution in [0.3, 0.4) is 0 Å². The van der Waals surface area contributed by atoms with E-state index >= 15 is 0 Å². The van der Waals surface area contributed by atoms with E-state index in [1.165, 1.54) is 24.3 Å². The van der Waals surface area contributed by atoms with Crippen LogP contribution in [0, 0.1) is 0 Å². The Bertz CT molecular complexity index is 1370. The van der Waals surface area contributed by atoms with Crippen molar-refractivity contribution in [3.8, 4) is 23.0 Å². The Balaban J connectivity index is 1.61. The topological polar surface area (TPSA) is 149 Å². The van der Waals surface area contributed by atoms with Crippen molar-refractivity contribution < 1.29 is 48.7 Å². The van der Waals surface area contributed by atoms with Gasteiger partial charge in [-0.2, -0.15) is 0 Å². The van der Waals surface area contributed by atoms with E-state index in [9.17, 15) is 29.7 Å². The first-order chi connectivity index (χ1) is 17.3. The highest BCUT2D eigenvalue weighted by molar-refractivity contribution is 6.01. The van der Waals surface area contributed by atoms with E-state index < -0.39 is 40.8 Å². The van der Waals surface area contributed by atoms with Crippen molar-refractivity contribution in [2.24, 2.45) is 0 Å². The number of aromatic hydroxyl groups is 2. The second-order valence-electron chi connectivity index (χ2n) is 8.37. The minimum atomic E-state index is -2.04. The average molecular weight is 492 g/mol. The predicted octanol–water partition coefficient (Wildman–Crippen LogP) is 3.03. The summed E-state index contributed by atoms with van der Waals surface area (Å²) in [5, 5.41) is 30.9. The summed E-state index contributed by atoms with van der Waals surface area (Å²) in [6.07, 6.45) is 3.68. The number of cyclic esters (lactones) is 1. The highest BCUT2D eigenvalue weighted by Gasteiger charge is 2.56. The van der Waals surface area contributed by atoms with E-state index in [4.69, 9.17) is 18.9 Å². The van der Waals surface area contributed by atoms with E-state index in [0.717, 1.165) is 6.26 Å². The summed E-state index contributed by atoms with van der Waals surface area (Å²) in [6.45, 7) is -0.177. The molecule has 1 spiro atoms. The van der Waals surface area contributed by atoms with Crippen molar-refractivity contribution >= 4 is 17.9 Å². The van der Waals surface area contributed by atoms with Crippen molar-refractivity contribution in [3.05, 3.63) is 82.8 Å². The number of carbonyl (C=O) groups is 3. The third kappa shape index (κ3) is 4.02. The molecule has 4 aliphatic heterocycles. The molecule has 2 aromatic rings. The van der Waals surface area contributed by atoms with Crippen molar-refractivity contribution in [1.29, 1.82) is 0 Å². The van der Waals surface area contributed by atoms with Gasteiger partial charge in [-0.1, -0.05) is 18.2 Å². The smallest absolute Gasteiger partial charge is 0.375 e. The van der Waals surface area contributed by atoms with Crippen molar-refractivity contribution in [3.63, 3.8) is 0 Å². The molecule has 2 aromatic carbocycles. The van der Waals surface area contributed by atoms with Gasteiger partial charge < -0.3 is 34.3 Å². The van der Waals surface area contributed by atoms with Crippen LogP contribution in [0.4, 0.5) is 0 Å². The molecule has 4 bridgehead atoms. The van der Waals surface area contributed by atoms with Crippen molar-refractivity contribution in [2.75, 3.05) is 6.61 Å². The zero-order valence-corrected chi connectivity index (χ0v) is 18.7. The van der Waals surface area contributed by atoms with Gasteiger partial charge >= 0.3 is 17.9 Å². The first-order valence-corrected chi connectivity index (χ1v) is 11.0. The zero-order valence-electron chi connectivity index (χ0n) is 18.7. The van der Waals surface area contributed by atoms with Gasteiger partial charge in [-0.05, 0) is 47.0 Å². The van der Waals surface area contributed by atoms with E-state index in [1.54, 1.807) is 24.3 Å². The maximum absolute atomic E-state index is 13.5. The number of hydrogen-bond acceptors (Lipinski definition) is 10. The Labute approximate surface area is 204 Å². The van der Waals surface area contributed by atoms with Gasteiger partial charge in [-0.3, -0.25) is 4.79 Å². The standard InChI is InChI=1S/C26H20O10/c27-18-11-15-7-9-34-25(32)26(13-14-1-4-17(5-2-14)35-19(12-15)22(18)29)21(23(30)24(31)36-26)16-3-6-20(28)33-10-8-16/h1-5,8,10-12,27,29-30H,6-7,9,13H2/t26-/m1/s1. The molecule has 1 atom stereocenters. The number of rotatable bonds is 1. The van der Waals surface area contributed by atoms with E-state index in [0.29, 0.717) is 16.9 Å². The van der Waals surface area contributed by atoms with Crippen LogP contribution in [-0.4, -0.2) is 45.4 Å². The Hall–Kier alpha value is -4.73.